The van der Waals surface area contributed by atoms with Crippen molar-refractivity contribution in [3.05, 3.63) is 70.1 Å². The molecule has 2 aromatic heterocycles. The van der Waals surface area contributed by atoms with Gasteiger partial charge in [0.25, 0.3) is 5.91 Å². The Labute approximate surface area is 160 Å². The van der Waals surface area contributed by atoms with E-state index in [0.29, 0.717) is 41.6 Å². The quantitative estimate of drug-likeness (QED) is 0.680. The smallest absolute Gasteiger partial charge is 0.265 e. The SMILES string of the molecule is CC1(c2ncc(Cc3ccccc3F)o2)CCN(C(=O)c2cncs2)CC1. The predicted molar refractivity (Wildman–Crippen MR) is 100 cm³/mol. The fourth-order valence-corrected chi connectivity index (χ4v) is 3.98. The van der Waals surface area contributed by atoms with Gasteiger partial charge in [0.1, 0.15) is 16.5 Å². The van der Waals surface area contributed by atoms with Crippen molar-refractivity contribution in [3.63, 3.8) is 0 Å². The third kappa shape index (κ3) is 3.64. The van der Waals surface area contributed by atoms with E-state index < -0.39 is 0 Å². The van der Waals surface area contributed by atoms with E-state index in [2.05, 4.69) is 16.9 Å². The number of amides is 1. The molecule has 0 bridgehead atoms. The summed E-state index contributed by atoms with van der Waals surface area (Å²) in [4.78, 5) is 23.4. The van der Waals surface area contributed by atoms with E-state index in [1.165, 1.54) is 17.4 Å². The molecule has 0 aliphatic carbocycles. The van der Waals surface area contributed by atoms with E-state index in [0.717, 1.165) is 12.8 Å². The highest BCUT2D eigenvalue weighted by Gasteiger charge is 2.37. The summed E-state index contributed by atoms with van der Waals surface area (Å²) in [6, 6.07) is 6.69. The molecule has 140 valence electrons. The number of thiazole rings is 1. The highest BCUT2D eigenvalue weighted by Crippen LogP contribution is 2.35. The number of carbonyl (C=O) groups excluding carboxylic acids is 1. The number of piperidine rings is 1. The first-order valence-electron chi connectivity index (χ1n) is 8.91. The van der Waals surface area contributed by atoms with Gasteiger partial charge in [0.05, 0.1) is 17.9 Å². The Kier molecular flexibility index (Phi) is 4.78. The van der Waals surface area contributed by atoms with Crippen LogP contribution in [0.5, 0.6) is 0 Å². The van der Waals surface area contributed by atoms with Crippen LogP contribution < -0.4 is 0 Å². The first-order valence-corrected chi connectivity index (χ1v) is 9.79. The van der Waals surface area contributed by atoms with E-state index >= 15 is 0 Å². The van der Waals surface area contributed by atoms with E-state index in [-0.39, 0.29) is 17.1 Å². The van der Waals surface area contributed by atoms with Crippen LogP contribution in [0.1, 0.15) is 46.7 Å². The number of benzene rings is 1. The van der Waals surface area contributed by atoms with Crippen LogP contribution in [0.2, 0.25) is 0 Å². The molecule has 0 radical (unpaired) electrons. The van der Waals surface area contributed by atoms with Gasteiger partial charge in [-0.25, -0.2) is 9.37 Å². The summed E-state index contributed by atoms with van der Waals surface area (Å²) < 4.78 is 19.8. The maximum absolute atomic E-state index is 13.8. The minimum atomic E-state index is -0.239. The Morgan fingerprint density at radius 2 is 2.07 bits per heavy atom. The van der Waals surface area contributed by atoms with Crippen molar-refractivity contribution in [1.29, 1.82) is 0 Å². The van der Waals surface area contributed by atoms with Crippen molar-refractivity contribution in [1.82, 2.24) is 14.9 Å². The Morgan fingerprint density at radius 3 is 2.78 bits per heavy atom. The number of likely N-dealkylation sites (tertiary alicyclic amines) is 1. The second-order valence-corrected chi connectivity index (χ2v) is 8.00. The average molecular weight is 385 g/mol. The molecule has 7 heteroatoms. The van der Waals surface area contributed by atoms with Crippen LogP contribution in [0.4, 0.5) is 4.39 Å². The number of rotatable bonds is 4. The molecule has 0 unspecified atom stereocenters. The lowest BCUT2D eigenvalue weighted by Gasteiger charge is -2.37. The summed E-state index contributed by atoms with van der Waals surface area (Å²) in [5.74, 6) is 1.11. The van der Waals surface area contributed by atoms with Crippen LogP contribution in [-0.4, -0.2) is 33.9 Å². The van der Waals surface area contributed by atoms with Gasteiger partial charge >= 0.3 is 0 Å². The minimum Gasteiger partial charge on any atom is -0.445 e. The molecule has 1 saturated heterocycles. The number of nitrogens with zero attached hydrogens (tertiary/aromatic N) is 3. The van der Waals surface area contributed by atoms with Gasteiger partial charge in [-0.15, -0.1) is 11.3 Å². The Morgan fingerprint density at radius 1 is 1.30 bits per heavy atom. The lowest BCUT2D eigenvalue weighted by molar-refractivity contribution is 0.0662. The first kappa shape index (κ1) is 17.9. The summed E-state index contributed by atoms with van der Waals surface area (Å²) >= 11 is 1.36. The lowest BCUT2D eigenvalue weighted by Crippen LogP contribution is -2.43. The number of halogens is 1. The molecule has 1 aliphatic heterocycles. The Balaban J connectivity index is 1.43. The third-order valence-electron chi connectivity index (χ3n) is 5.19. The van der Waals surface area contributed by atoms with E-state index in [4.69, 9.17) is 4.42 Å². The standard InChI is InChI=1S/C20H20FN3O2S/c1-20(6-8-24(9-7-20)18(25)17-12-22-13-27-17)19-23-11-15(26-19)10-14-4-2-3-5-16(14)21/h2-5,11-13H,6-10H2,1H3. The van der Waals surface area contributed by atoms with Crippen LogP contribution in [-0.2, 0) is 11.8 Å². The zero-order valence-electron chi connectivity index (χ0n) is 15.0. The molecule has 3 heterocycles. The molecule has 3 aromatic rings. The Hall–Kier alpha value is -2.54. The summed E-state index contributed by atoms with van der Waals surface area (Å²) in [5, 5.41) is 0. The fraction of sp³-hybridized carbons (Fsp3) is 0.350. The van der Waals surface area contributed by atoms with E-state index in [1.54, 1.807) is 30.0 Å². The average Bonchev–Trinajstić information content (AvgIpc) is 3.36. The topological polar surface area (TPSA) is 59.2 Å². The van der Waals surface area contributed by atoms with Crippen molar-refractivity contribution in [2.24, 2.45) is 0 Å². The van der Waals surface area contributed by atoms with Gasteiger partial charge in [-0.2, -0.15) is 0 Å². The summed E-state index contributed by atoms with van der Waals surface area (Å²) in [6.45, 7) is 3.41. The van der Waals surface area contributed by atoms with Crippen molar-refractivity contribution in [2.75, 3.05) is 13.1 Å². The maximum atomic E-state index is 13.8. The number of aromatic nitrogens is 2. The normalized spacial score (nSPS) is 16.4. The second kappa shape index (κ2) is 7.23. The van der Waals surface area contributed by atoms with E-state index in [1.807, 2.05) is 11.0 Å². The van der Waals surface area contributed by atoms with Gasteiger partial charge in [-0.1, -0.05) is 25.1 Å². The number of hydrogen-bond donors (Lipinski definition) is 0. The van der Waals surface area contributed by atoms with Crippen molar-refractivity contribution in [2.45, 2.75) is 31.6 Å². The number of hydrogen-bond acceptors (Lipinski definition) is 5. The highest BCUT2D eigenvalue weighted by atomic mass is 32.1. The predicted octanol–water partition coefficient (Wildman–Crippen LogP) is 4.05. The molecule has 1 aliphatic rings. The highest BCUT2D eigenvalue weighted by molar-refractivity contribution is 7.11. The molecule has 5 nitrogen and oxygen atoms in total. The first-order chi connectivity index (χ1) is 13.0. The molecule has 27 heavy (non-hydrogen) atoms. The second-order valence-electron chi connectivity index (χ2n) is 7.12. The summed E-state index contributed by atoms with van der Waals surface area (Å²) in [5.41, 5.74) is 2.04. The minimum absolute atomic E-state index is 0.0344. The van der Waals surface area contributed by atoms with Crippen LogP contribution >= 0.6 is 11.3 Å². The lowest BCUT2D eigenvalue weighted by atomic mass is 9.80. The molecular formula is C20H20FN3O2S. The molecule has 4 rings (SSSR count). The van der Waals surface area contributed by atoms with Crippen molar-refractivity contribution in [3.8, 4) is 0 Å². The largest absolute Gasteiger partial charge is 0.445 e. The molecular weight excluding hydrogens is 365 g/mol. The molecule has 0 saturated carbocycles. The van der Waals surface area contributed by atoms with Gasteiger partial charge in [-0.3, -0.25) is 9.78 Å². The number of oxazole rings is 1. The van der Waals surface area contributed by atoms with Gasteiger partial charge in [0.15, 0.2) is 5.89 Å². The molecule has 1 aromatic carbocycles. The molecule has 1 fully saturated rings. The van der Waals surface area contributed by atoms with Crippen LogP contribution in [0, 0.1) is 5.82 Å². The van der Waals surface area contributed by atoms with Crippen LogP contribution in [0.25, 0.3) is 0 Å². The number of carbonyl (C=O) groups is 1. The zero-order chi connectivity index (χ0) is 18.9. The zero-order valence-corrected chi connectivity index (χ0v) is 15.8. The van der Waals surface area contributed by atoms with Crippen molar-refractivity contribution < 1.29 is 13.6 Å². The van der Waals surface area contributed by atoms with Gasteiger partial charge < -0.3 is 9.32 Å². The molecule has 1 amide bonds. The Bertz CT molecular complexity index is 930. The molecule has 0 N–H and O–H groups in total. The van der Waals surface area contributed by atoms with Crippen LogP contribution in [0.3, 0.4) is 0 Å². The molecule has 0 atom stereocenters. The van der Waals surface area contributed by atoms with Gasteiger partial charge in [0.2, 0.25) is 0 Å². The summed E-state index contributed by atoms with van der Waals surface area (Å²) in [7, 11) is 0. The van der Waals surface area contributed by atoms with E-state index in [9.17, 15) is 9.18 Å². The molecule has 0 spiro atoms. The fourth-order valence-electron chi connectivity index (χ4n) is 3.39. The summed E-state index contributed by atoms with van der Waals surface area (Å²) in [6.07, 6.45) is 5.23. The van der Waals surface area contributed by atoms with Gasteiger partial charge in [0, 0.05) is 24.9 Å². The van der Waals surface area contributed by atoms with Crippen LogP contribution in [0.15, 0.2) is 46.6 Å². The third-order valence-corrected chi connectivity index (χ3v) is 5.95. The van der Waals surface area contributed by atoms with Gasteiger partial charge in [-0.05, 0) is 24.5 Å². The van der Waals surface area contributed by atoms with Crippen molar-refractivity contribution >= 4 is 17.2 Å². The maximum Gasteiger partial charge on any atom is 0.265 e. The monoisotopic (exact) mass is 385 g/mol.